The molecule has 4 amide bonds. The molecule has 4 aliphatic rings. The van der Waals surface area contributed by atoms with Gasteiger partial charge < -0.3 is 26.8 Å². The van der Waals surface area contributed by atoms with Crippen LogP contribution in [0.1, 0.15) is 128 Å². The predicted molar refractivity (Wildman–Crippen MR) is 214 cm³/mol. The van der Waals surface area contributed by atoms with Crippen LogP contribution < -0.4 is 27.0 Å². The van der Waals surface area contributed by atoms with Crippen LogP contribution in [0.5, 0.6) is 0 Å². The third kappa shape index (κ3) is 7.58. The van der Waals surface area contributed by atoms with E-state index in [-0.39, 0.29) is 71.7 Å². The summed E-state index contributed by atoms with van der Waals surface area (Å²) >= 11 is 0. The SMILES string of the molecule is CC(C)N[C@@H](CCC(=O)O)C(=O)Nc1ccc2c(c1)[C@@]1(C)CCC[C@](C)(C(=O)NC(=O)[C@@]3(C)CCC[C@]4(C)c5cc(NC(=O)CN)ccc5CC[C@@H]34)[C@@H]1CC2. The fourth-order valence-electron chi connectivity index (χ4n) is 11.4. The van der Waals surface area contributed by atoms with Gasteiger partial charge in [0.05, 0.1) is 23.4 Å². The van der Waals surface area contributed by atoms with Gasteiger partial charge in [0, 0.05) is 23.8 Å². The molecule has 2 aromatic carbocycles. The van der Waals surface area contributed by atoms with Crippen molar-refractivity contribution in [2.75, 3.05) is 17.2 Å². The Morgan fingerprint density at radius 2 is 1.25 bits per heavy atom. The minimum Gasteiger partial charge on any atom is -0.481 e. The molecule has 7 atom stereocenters. The van der Waals surface area contributed by atoms with Gasteiger partial charge in [-0.2, -0.15) is 0 Å². The number of hydrogen-bond acceptors (Lipinski definition) is 7. The molecule has 11 nitrogen and oxygen atoms in total. The van der Waals surface area contributed by atoms with Crippen LogP contribution in [0.4, 0.5) is 11.4 Å². The largest absolute Gasteiger partial charge is 0.481 e. The Morgan fingerprint density at radius 1 is 0.764 bits per heavy atom. The molecule has 4 aliphatic carbocycles. The number of anilines is 2. The highest BCUT2D eigenvalue weighted by molar-refractivity contribution is 6.01. The zero-order valence-electron chi connectivity index (χ0n) is 33.5. The topological polar surface area (TPSA) is 180 Å². The molecular weight excluding hydrogens is 695 g/mol. The molecule has 7 N–H and O–H groups in total. The van der Waals surface area contributed by atoms with E-state index in [0.717, 1.165) is 56.9 Å². The molecule has 55 heavy (non-hydrogen) atoms. The summed E-state index contributed by atoms with van der Waals surface area (Å²) in [7, 11) is 0. The number of nitrogens with one attached hydrogen (secondary N) is 4. The van der Waals surface area contributed by atoms with Crippen LogP contribution in [-0.4, -0.2) is 53.3 Å². The minimum absolute atomic E-state index is 0.000633. The van der Waals surface area contributed by atoms with E-state index in [1.54, 1.807) is 0 Å². The lowest BCUT2D eigenvalue weighted by Gasteiger charge is -2.56. The van der Waals surface area contributed by atoms with Crippen LogP contribution in [0.15, 0.2) is 36.4 Å². The predicted octanol–water partition coefficient (Wildman–Crippen LogP) is 6.12. The number of aryl methyl sites for hydroxylation is 2. The van der Waals surface area contributed by atoms with Gasteiger partial charge in [-0.1, -0.05) is 66.5 Å². The van der Waals surface area contributed by atoms with Crippen molar-refractivity contribution < 1.29 is 29.1 Å². The van der Waals surface area contributed by atoms with Crippen molar-refractivity contribution in [3.63, 3.8) is 0 Å². The first-order valence-corrected chi connectivity index (χ1v) is 20.4. The van der Waals surface area contributed by atoms with E-state index in [1.807, 2.05) is 39.8 Å². The van der Waals surface area contributed by atoms with E-state index < -0.39 is 22.8 Å². The van der Waals surface area contributed by atoms with Crippen molar-refractivity contribution >= 4 is 41.0 Å². The first kappa shape index (κ1) is 40.6. The Kier molecular flexibility index (Phi) is 11.4. The van der Waals surface area contributed by atoms with Crippen molar-refractivity contribution in [2.24, 2.45) is 28.4 Å². The van der Waals surface area contributed by atoms with Gasteiger partial charge in [0.25, 0.3) is 0 Å². The van der Waals surface area contributed by atoms with Gasteiger partial charge in [-0.3, -0.25) is 29.3 Å². The maximum atomic E-state index is 14.6. The summed E-state index contributed by atoms with van der Waals surface area (Å²) < 4.78 is 0. The standard InChI is InChI=1S/C44H61N5O6/c1-26(2)46-33(15-18-37(51)52)38(53)48-30-14-10-28-12-17-35-42(4,32(28)24-30)20-8-22-44(35,6)40(55)49-39(54)43(5)21-7-19-41(3)31-23-29(47-36(50)25-45)13-9-27(31)11-16-34(41)43/h9-10,13-14,23-24,26,33-35,46H,7-8,11-12,15-22,25,45H2,1-6H3,(H,47,50)(H,48,53)(H,51,52)(H,49,54,55)/t33-,34+,35+,41+,42+,43-,44-/m0/s1. The first-order chi connectivity index (χ1) is 25.9. The maximum absolute atomic E-state index is 14.6. The lowest BCUT2D eigenvalue weighted by molar-refractivity contribution is -0.150. The second-order valence-corrected chi connectivity index (χ2v) is 18.1. The number of rotatable bonds is 11. The molecule has 0 bridgehead atoms. The summed E-state index contributed by atoms with van der Waals surface area (Å²) in [5.74, 6) is -1.84. The van der Waals surface area contributed by atoms with Gasteiger partial charge in [0.15, 0.2) is 0 Å². The van der Waals surface area contributed by atoms with Crippen LogP contribution in [-0.2, 0) is 47.6 Å². The normalized spacial score (nSPS) is 30.1. The molecule has 6 rings (SSSR count). The van der Waals surface area contributed by atoms with Gasteiger partial charge in [0.2, 0.25) is 23.6 Å². The zero-order valence-corrected chi connectivity index (χ0v) is 33.5. The molecule has 0 saturated heterocycles. The number of carbonyl (C=O) groups is 5. The minimum atomic E-state index is -0.946. The number of carboxylic acids is 1. The highest BCUT2D eigenvalue weighted by atomic mass is 16.4. The molecule has 0 heterocycles. The van der Waals surface area contributed by atoms with Crippen LogP contribution in [0, 0.1) is 22.7 Å². The van der Waals surface area contributed by atoms with Gasteiger partial charge >= 0.3 is 5.97 Å². The Balaban J connectivity index is 1.21. The van der Waals surface area contributed by atoms with Crippen LogP contribution in [0.2, 0.25) is 0 Å². The summed E-state index contributed by atoms with van der Waals surface area (Å²) in [5.41, 5.74) is 9.52. The fraction of sp³-hybridized carbons (Fsp3) is 0.614. The quantitative estimate of drug-likeness (QED) is 0.149. The van der Waals surface area contributed by atoms with Crippen LogP contribution in [0.25, 0.3) is 0 Å². The Hall–Kier alpha value is -4.09. The number of aliphatic carboxylic acids is 1. The number of benzene rings is 2. The highest BCUT2D eigenvalue weighted by Crippen LogP contribution is 2.59. The maximum Gasteiger partial charge on any atom is 0.303 e. The number of imide groups is 1. The summed E-state index contributed by atoms with van der Waals surface area (Å²) in [6.07, 6.45) is 8.23. The molecule has 0 radical (unpaired) electrons. The third-order valence-electron chi connectivity index (χ3n) is 14.2. The summed E-state index contributed by atoms with van der Waals surface area (Å²) in [4.78, 5) is 66.0. The van der Waals surface area contributed by atoms with Gasteiger partial charge in [-0.15, -0.1) is 0 Å². The van der Waals surface area contributed by atoms with Crippen LogP contribution >= 0.6 is 0 Å². The number of fused-ring (bicyclic) bond motifs is 6. The smallest absolute Gasteiger partial charge is 0.303 e. The molecule has 0 unspecified atom stereocenters. The third-order valence-corrected chi connectivity index (χ3v) is 14.2. The number of hydrogen-bond donors (Lipinski definition) is 6. The van der Waals surface area contributed by atoms with Crippen LogP contribution in [0.3, 0.4) is 0 Å². The van der Waals surface area contributed by atoms with Gasteiger partial charge in [-0.05, 0) is 127 Å². The second kappa shape index (κ2) is 15.4. The lowest BCUT2D eigenvalue weighted by atomic mass is 9.49. The van der Waals surface area contributed by atoms with E-state index in [4.69, 9.17) is 5.73 Å². The van der Waals surface area contributed by atoms with Crippen molar-refractivity contribution in [2.45, 2.75) is 142 Å². The lowest BCUT2D eigenvalue weighted by Crippen LogP contribution is -2.60. The van der Waals surface area contributed by atoms with E-state index in [0.29, 0.717) is 24.2 Å². The van der Waals surface area contributed by atoms with Gasteiger partial charge in [0.1, 0.15) is 0 Å². The van der Waals surface area contributed by atoms with Crippen molar-refractivity contribution in [1.29, 1.82) is 0 Å². The number of carboxylic acid groups (broad SMARTS) is 1. The number of carbonyl (C=O) groups excluding carboxylic acids is 4. The fourth-order valence-corrected chi connectivity index (χ4v) is 11.4. The Bertz CT molecular complexity index is 1860. The molecule has 0 aromatic heterocycles. The van der Waals surface area contributed by atoms with E-state index >= 15 is 0 Å². The second-order valence-electron chi connectivity index (χ2n) is 18.1. The molecule has 2 aromatic rings. The van der Waals surface area contributed by atoms with Crippen molar-refractivity contribution in [3.8, 4) is 0 Å². The number of nitrogens with two attached hydrogens (primary N) is 1. The summed E-state index contributed by atoms with van der Waals surface area (Å²) in [6.45, 7) is 12.3. The van der Waals surface area contributed by atoms with Gasteiger partial charge in [-0.25, -0.2) is 0 Å². The molecule has 298 valence electrons. The molecule has 0 spiro atoms. The first-order valence-electron chi connectivity index (χ1n) is 20.4. The molecule has 0 aliphatic heterocycles. The van der Waals surface area contributed by atoms with E-state index in [2.05, 4.69) is 59.4 Å². The summed E-state index contributed by atoms with van der Waals surface area (Å²) in [6, 6.07) is 11.5. The highest BCUT2D eigenvalue weighted by Gasteiger charge is 2.58. The van der Waals surface area contributed by atoms with E-state index in [1.165, 1.54) is 16.7 Å². The van der Waals surface area contributed by atoms with Crippen molar-refractivity contribution in [1.82, 2.24) is 10.6 Å². The molecular formula is C44H61N5O6. The monoisotopic (exact) mass is 755 g/mol. The number of amides is 4. The molecule has 2 saturated carbocycles. The Labute approximate surface area is 325 Å². The van der Waals surface area contributed by atoms with E-state index in [9.17, 15) is 29.1 Å². The Morgan fingerprint density at radius 3 is 1.71 bits per heavy atom. The molecule has 11 heteroatoms. The average Bonchev–Trinajstić information content (AvgIpc) is 3.13. The zero-order chi connectivity index (χ0) is 39.9. The van der Waals surface area contributed by atoms with Crippen molar-refractivity contribution in [3.05, 3.63) is 58.7 Å². The summed E-state index contributed by atoms with van der Waals surface area (Å²) in [5, 5.41) is 21.4. The molecule has 2 fully saturated rings. The average molecular weight is 756 g/mol.